The maximum absolute atomic E-state index is 12.6. The van der Waals surface area contributed by atoms with Crippen LogP contribution in [0.3, 0.4) is 0 Å². The van der Waals surface area contributed by atoms with E-state index in [0.717, 1.165) is 0 Å². The van der Waals surface area contributed by atoms with E-state index in [4.69, 9.17) is 0 Å². The standard InChI is InChI=1S/C9H4BrF6NO2/c10-1-5-4(3-18)2-17-7(8(11,12)13)6(5)19-9(14,15)16/h2-3H,1H2. The number of hydrogen-bond donors (Lipinski definition) is 0. The van der Waals surface area contributed by atoms with Crippen molar-refractivity contribution in [3.63, 3.8) is 0 Å². The van der Waals surface area contributed by atoms with Gasteiger partial charge in [0.2, 0.25) is 0 Å². The minimum absolute atomic E-state index is 0.0903. The van der Waals surface area contributed by atoms with Gasteiger partial charge in [0, 0.05) is 22.7 Å². The number of ether oxygens (including phenoxy) is 1. The van der Waals surface area contributed by atoms with Crippen LogP contribution in [0, 0.1) is 0 Å². The van der Waals surface area contributed by atoms with Crippen LogP contribution in [0.1, 0.15) is 21.6 Å². The Bertz CT molecular complexity index is 485. The summed E-state index contributed by atoms with van der Waals surface area (Å²) in [6.45, 7) is 0. The van der Waals surface area contributed by atoms with Crippen LogP contribution in [-0.4, -0.2) is 17.6 Å². The number of hydrogen-bond acceptors (Lipinski definition) is 3. The molecule has 3 nitrogen and oxygen atoms in total. The zero-order valence-corrected chi connectivity index (χ0v) is 10.4. The van der Waals surface area contributed by atoms with Crippen LogP contribution in [0.2, 0.25) is 0 Å². The quantitative estimate of drug-likeness (QED) is 0.473. The second-order valence-electron chi connectivity index (χ2n) is 3.17. The van der Waals surface area contributed by atoms with E-state index in [9.17, 15) is 31.1 Å². The first-order valence-corrected chi connectivity index (χ1v) is 5.58. The normalized spacial score (nSPS) is 12.4. The molecule has 0 aliphatic heterocycles. The SMILES string of the molecule is O=Cc1cnc(C(F)(F)F)c(OC(F)(F)F)c1CBr. The number of aldehydes is 1. The van der Waals surface area contributed by atoms with Crippen LogP contribution in [-0.2, 0) is 11.5 Å². The van der Waals surface area contributed by atoms with Gasteiger partial charge in [0.05, 0.1) is 0 Å². The second kappa shape index (κ2) is 5.35. The van der Waals surface area contributed by atoms with Gasteiger partial charge in [-0.25, -0.2) is 4.98 Å². The Morgan fingerprint density at radius 2 is 1.84 bits per heavy atom. The first-order chi connectivity index (χ1) is 8.60. The highest BCUT2D eigenvalue weighted by Gasteiger charge is 2.42. The lowest BCUT2D eigenvalue weighted by atomic mass is 10.1. The first-order valence-electron chi connectivity index (χ1n) is 4.46. The van der Waals surface area contributed by atoms with Crippen molar-refractivity contribution in [3.8, 4) is 5.75 Å². The first kappa shape index (κ1) is 15.7. The number of carbonyl (C=O) groups is 1. The summed E-state index contributed by atoms with van der Waals surface area (Å²) in [7, 11) is 0. The Labute approximate surface area is 110 Å². The molecule has 0 amide bonds. The molecule has 10 heteroatoms. The molecule has 0 spiro atoms. The molecule has 0 fully saturated rings. The molecule has 0 saturated heterocycles. The van der Waals surface area contributed by atoms with E-state index in [0.29, 0.717) is 6.20 Å². The van der Waals surface area contributed by atoms with Crippen molar-refractivity contribution in [3.05, 3.63) is 23.0 Å². The number of rotatable bonds is 3. The second-order valence-corrected chi connectivity index (χ2v) is 3.73. The number of pyridine rings is 1. The minimum atomic E-state index is -5.33. The van der Waals surface area contributed by atoms with Crippen LogP contribution in [0.25, 0.3) is 0 Å². The topological polar surface area (TPSA) is 39.2 Å². The molecule has 0 aliphatic carbocycles. The van der Waals surface area contributed by atoms with E-state index in [2.05, 4.69) is 25.7 Å². The van der Waals surface area contributed by atoms with Gasteiger partial charge in [-0.1, -0.05) is 15.9 Å². The molecule has 19 heavy (non-hydrogen) atoms. The van der Waals surface area contributed by atoms with Gasteiger partial charge in [-0.05, 0) is 0 Å². The predicted molar refractivity (Wildman–Crippen MR) is 53.9 cm³/mol. The van der Waals surface area contributed by atoms with E-state index in [1.165, 1.54) is 0 Å². The summed E-state index contributed by atoms with van der Waals surface area (Å²) in [5.41, 5.74) is -2.84. The summed E-state index contributed by atoms with van der Waals surface area (Å²) in [6, 6.07) is 0. The van der Waals surface area contributed by atoms with Gasteiger partial charge in [-0.15, -0.1) is 13.2 Å². The highest BCUT2D eigenvalue weighted by Crippen LogP contribution is 2.40. The number of carbonyl (C=O) groups excluding carboxylic acids is 1. The molecule has 0 aromatic carbocycles. The van der Waals surface area contributed by atoms with Crippen LogP contribution in [0.15, 0.2) is 6.20 Å². The zero-order chi connectivity index (χ0) is 14.8. The van der Waals surface area contributed by atoms with E-state index < -0.39 is 40.4 Å². The van der Waals surface area contributed by atoms with Crippen LogP contribution in [0.4, 0.5) is 26.3 Å². The smallest absolute Gasteiger partial charge is 0.403 e. The number of halogens is 7. The highest BCUT2D eigenvalue weighted by molar-refractivity contribution is 9.08. The molecule has 0 radical (unpaired) electrons. The third-order valence-corrected chi connectivity index (χ3v) is 2.48. The Morgan fingerprint density at radius 1 is 1.26 bits per heavy atom. The molecule has 0 bridgehead atoms. The lowest BCUT2D eigenvalue weighted by molar-refractivity contribution is -0.276. The van der Waals surface area contributed by atoms with Gasteiger partial charge in [0.15, 0.2) is 17.7 Å². The molecule has 106 valence electrons. The Morgan fingerprint density at radius 3 is 2.21 bits per heavy atom. The van der Waals surface area contributed by atoms with E-state index in [1.54, 1.807) is 0 Å². The monoisotopic (exact) mass is 351 g/mol. The van der Waals surface area contributed by atoms with Gasteiger partial charge in [-0.3, -0.25) is 4.79 Å². The van der Waals surface area contributed by atoms with E-state index >= 15 is 0 Å². The number of nitrogens with zero attached hydrogens (tertiary/aromatic N) is 1. The Balaban J connectivity index is 3.53. The third kappa shape index (κ3) is 3.82. The summed E-state index contributed by atoms with van der Waals surface area (Å²) in [6.07, 6.45) is -9.85. The van der Waals surface area contributed by atoms with Gasteiger partial charge in [0.25, 0.3) is 0 Å². The van der Waals surface area contributed by atoms with Crippen molar-refractivity contribution < 1.29 is 35.9 Å². The maximum atomic E-state index is 12.6. The largest absolute Gasteiger partial charge is 0.573 e. The third-order valence-electron chi connectivity index (χ3n) is 1.92. The van der Waals surface area contributed by atoms with E-state index in [1.807, 2.05) is 0 Å². The molecule has 0 atom stereocenters. The van der Waals surface area contributed by atoms with E-state index in [-0.39, 0.29) is 6.29 Å². The molecular weight excluding hydrogens is 348 g/mol. The van der Waals surface area contributed by atoms with Crippen LogP contribution < -0.4 is 4.74 Å². The summed E-state index contributed by atoms with van der Waals surface area (Å²) in [5, 5.41) is -0.432. The summed E-state index contributed by atoms with van der Waals surface area (Å²) < 4.78 is 77.5. The van der Waals surface area contributed by atoms with Gasteiger partial charge >= 0.3 is 12.5 Å². The molecular formula is C9H4BrF6NO2. The molecule has 0 unspecified atom stereocenters. The van der Waals surface area contributed by atoms with Crippen molar-refractivity contribution in [1.82, 2.24) is 4.98 Å². The fourth-order valence-corrected chi connectivity index (χ4v) is 1.79. The van der Waals surface area contributed by atoms with Gasteiger partial charge in [-0.2, -0.15) is 13.2 Å². The lowest BCUT2D eigenvalue weighted by Gasteiger charge is -2.17. The maximum Gasteiger partial charge on any atom is 0.573 e. The van der Waals surface area contributed by atoms with Crippen molar-refractivity contribution in [1.29, 1.82) is 0 Å². The van der Waals surface area contributed by atoms with Gasteiger partial charge < -0.3 is 4.74 Å². The lowest BCUT2D eigenvalue weighted by Crippen LogP contribution is -2.22. The van der Waals surface area contributed by atoms with Crippen molar-refractivity contribution in [2.75, 3.05) is 0 Å². The minimum Gasteiger partial charge on any atom is -0.403 e. The fraction of sp³-hybridized carbons (Fsp3) is 0.333. The van der Waals surface area contributed by atoms with Crippen LogP contribution in [0.5, 0.6) is 5.75 Å². The molecule has 0 saturated carbocycles. The number of aromatic nitrogens is 1. The molecule has 0 N–H and O–H groups in total. The molecule has 1 heterocycles. The van der Waals surface area contributed by atoms with Gasteiger partial charge in [0.1, 0.15) is 0 Å². The molecule has 1 aromatic rings. The average Bonchev–Trinajstić information content (AvgIpc) is 2.24. The summed E-state index contributed by atoms with van der Waals surface area (Å²) >= 11 is 2.71. The molecule has 1 rings (SSSR count). The van der Waals surface area contributed by atoms with Crippen molar-refractivity contribution in [2.45, 2.75) is 17.9 Å². The number of alkyl halides is 7. The fourth-order valence-electron chi connectivity index (χ4n) is 1.21. The molecule has 1 aromatic heterocycles. The summed E-state index contributed by atoms with van der Waals surface area (Å²) in [4.78, 5) is 13.4. The van der Waals surface area contributed by atoms with Crippen LogP contribution >= 0.6 is 15.9 Å². The highest BCUT2D eigenvalue weighted by atomic mass is 79.9. The Hall–Kier alpha value is -1.32. The van der Waals surface area contributed by atoms with Crippen molar-refractivity contribution in [2.24, 2.45) is 0 Å². The average molecular weight is 352 g/mol. The Kier molecular flexibility index (Phi) is 4.43. The van der Waals surface area contributed by atoms with Crippen molar-refractivity contribution >= 4 is 22.2 Å². The summed E-state index contributed by atoms with van der Waals surface area (Å²) in [5.74, 6) is -1.53. The zero-order valence-electron chi connectivity index (χ0n) is 8.77. The predicted octanol–water partition coefficient (Wildman–Crippen LogP) is 3.71. The molecule has 0 aliphatic rings.